The Kier molecular flexibility index (Phi) is 4.29. The van der Waals surface area contributed by atoms with Crippen molar-refractivity contribution in [3.05, 3.63) is 23.5 Å². The lowest BCUT2D eigenvalue weighted by molar-refractivity contribution is -0.121. The number of hydrogen-bond acceptors (Lipinski definition) is 7. The summed E-state index contributed by atoms with van der Waals surface area (Å²) in [7, 11) is 0. The molecule has 2 atom stereocenters. The largest absolute Gasteiger partial charge is 0.339 e. The average molecular weight is 345 g/mol. The second kappa shape index (κ2) is 6.59. The van der Waals surface area contributed by atoms with Crippen molar-refractivity contribution >= 4 is 11.8 Å². The first-order valence-corrected chi connectivity index (χ1v) is 8.92. The summed E-state index contributed by atoms with van der Waals surface area (Å²) in [6.45, 7) is 5.37. The molecule has 1 aliphatic carbocycles. The summed E-state index contributed by atoms with van der Waals surface area (Å²) in [5, 5.41) is 10.7. The highest BCUT2D eigenvalue weighted by Crippen LogP contribution is 2.39. The predicted molar refractivity (Wildman–Crippen MR) is 89.2 cm³/mol. The zero-order valence-corrected chi connectivity index (χ0v) is 14.6. The fourth-order valence-electron chi connectivity index (χ4n) is 3.29. The molecule has 8 nitrogen and oxygen atoms in total. The Balaban J connectivity index is 1.38. The smallest absolute Gasteiger partial charge is 0.243 e. The lowest BCUT2D eigenvalue weighted by Gasteiger charge is -2.34. The third-order valence-electron chi connectivity index (χ3n) is 5.00. The number of aryl methyl sites for hydroxylation is 1. The molecule has 1 amide bonds. The van der Waals surface area contributed by atoms with Crippen molar-refractivity contribution in [2.45, 2.75) is 57.4 Å². The lowest BCUT2D eigenvalue weighted by Crippen LogP contribution is -2.46. The van der Waals surface area contributed by atoms with E-state index < -0.39 is 0 Å². The van der Waals surface area contributed by atoms with Gasteiger partial charge >= 0.3 is 0 Å². The quantitative estimate of drug-likeness (QED) is 0.889. The Hall–Kier alpha value is -2.22. The van der Waals surface area contributed by atoms with E-state index in [-0.39, 0.29) is 17.9 Å². The van der Waals surface area contributed by atoms with E-state index in [1.54, 1.807) is 6.07 Å². The Morgan fingerprint density at radius 2 is 2.12 bits per heavy atom. The molecular formula is C17H23N5O3. The van der Waals surface area contributed by atoms with Crippen LogP contribution in [0.3, 0.4) is 0 Å². The highest BCUT2D eigenvalue weighted by atomic mass is 16.5. The maximum absolute atomic E-state index is 12.5. The van der Waals surface area contributed by atoms with Crippen LogP contribution in [0.2, 0.25) is 0 Å². The van der Waals surface area contributed by atoms with Gasteiger partial charge in [-0.15, -0.1) is 0 Å². The zero-order chi connectivity index (χ0) is 17.4. The summed E-state index contributed by atoms with van der Waals surface area (Å²) < 4.78 is 10.4. The number of carbonyl (C=O) groups excluding carboxylic acids is 1. The van der Waals surface area contributed by atoms with Gasteiger partial charge in [0.15, 0.2) is 5.82 Å². The summed E-state index contributed by atoms with van der Waals surface area (Å²) >= 11 is 0. The summed E-state index contributed by atoms with van der Waals surface area (Å²) in [4.78, 5) is 19.2. The van der Waals surface area contributed by atoms with Crippen LogP contribution in [-0.4, -0.2) is 45.2 Å². The molecule has 1 saturated carbocycles. The molecule has 0 radical (unpaired) electrons. The van der Waals surface area contributed by atoms with Gasteiger partial charge in [-0.1, -0.05) is 10.3 Å². The van der Waals surface area contributed by atoms with Crippen LogP contribution in [0.5, 0.6) is 0 Å². The first-order chi connectivity index (χ1) is 12.1. The van der Waals surface area contributed by atoms with Crippen LogP contribution < -0.4 is 5.32 Å². The molecule has 4 rings (SSSR count). The molecule has 3 heterocycles. The van der Waals surface area contributed by atoms with Gasteiger partial charge in [0.05, 0.1) is 11.7 Å². The molecule has 8 heteroatoms. The summed E-state index contributed by atoms with van der Waals surface area (Å²) in [6, 6.07) is 1.45. The van der Waals surface area contributed by atoms with Crippen molar-refractivity contribution in [1.29, 1.82) is 0 Å². The van der Waals surface area contributed by atoms with Crippen LogP contribution in [0.25, 0.3) is 0 Å². The molecule has 1 N–H and O–H groups in total. The molecular weight excluding hydrogens is 322 g/mol. The number of anilines is 1. The number of amides is 1. The fourth-order valence-corrected chi connectivity index (χ4v) is 3.29. The molecule has 0 spiro atoms. The van der Waals surface area contributed by atoms with Crippen molar-refractivity contribution in [1.82, 2.24) is 20.2 Å². The summed E-state index contributed by atoms with van der Waals surface area (Å²) in [5.41, 5.74) is 0.740. The van der Waals surface area contributed by atoms with Crippen molar-refractivity contribution in [3.63, 3.8) is 0 Å². The van der Waals surface area contributed by atoms with Crippen LogP contribution in [0.15, 0.2) is 15.1 Å². The molecule has 1 saturated heterocycles. The average Bonchev–Trinajstić information content (AvgIpc) is 3.21. The van der Waals surface area contributed by atoms with E-state index in [0.29, 0.717) is 11.8 Å². The Labute approximate surface area is 145 Å². The van der Waals surface area contributed by atoms with Crippen LogP contribution in [-0.2, 0) is 4.79 Å². The third kappa shape index (κ3) is 3.58. The molecule has 1 aliphatic heterocycles. The number of carbonyl (C=O) groups is 1. The van der Waals surface area contributed by atoms with Gasteiger partial charge in [0.2, 0.25) is 17.7 Å². The van der Waals surface area contributed by atoms with E-state index in [0.717, 1.165) is 56.2 Å². The summed E-state index contributed by atoms with van der Waals surface area (Å²) in [5.74, 6) is 2.53. The number of nitrogens with one attached hydrogen (secondary N) is 1. The first kappa shape index (κ1) is 16.3. The van der Waals surface area contributed by atoms with E-state index in [9.17, 15) is 4.79 Å². The lowest BCUT2D eigenvalue weighted by atomic mass is 9.96. The minimum atomic E-state index is -0.261. The van der Waals surface area contributed by atoms with Gasteiger partial charge in [-0.25, -0.2) is 0 Å². The van der Waals surface area contributed by atoms with E-state index in [2.05, 4.69) is 25.5 Å². The molecule has 0 aromatic carbocycles. The monoisotopic (exact) mass is 345 g/mol. The predicted octanol–water partition coefficient (Wildman–Crippen LogP) is 2.45. The number of likely N-dealkylation sites (tertiary alicyclic amines) is 1. The molecule has 2 fully saturated rings. The Morgan fingerprint density at radius 3 is 2.84 bits per heavy atom. The van der Waals surface area contributed by atoms with Gasteiger partial charge in [0.1, 0.15) is 0 Å². The van der Waals surface area contributed by atoms with Gasteiger partial charge in [-0.05, 0) is 46.1 Å². The molecule has 134 valence electrons. The Morgan fingerprint density at radius 1 is 1.28 bits per heavy atom. The van der Waals surface area contributed by atoms with Gasteiger partial charge in [0, 0.05) is 24.4 Å². The van der Waals surface area contributed by atoms with Gasteiger partial charge in [-0.3, -0.25) is 15.0 Å². The van der Waals surface area contributed by atoms with Gasteiger partial charge in [-0.2, -0.15) is 4.98 Å². The molecule has 2 aliphatic rings. The van der Waals surface area contributed by atoms with E-state index in [4.69, 9.17) is 9.05 Å². The SMILES string of the molecule is Cc1cc(NC(=O)C(C)N2CCCC(c3noc(C4CC4)n3)C2)on1. The van der Waals surface area contributed by atoms with Gasteiger partial charge in [0.25, 0.3) is 0 Å². The number of rotatable bonds is 5. The van der Waals surface area contributed by atoms with Crippen LogP contribution >= 0.6 is 0 Å². The first-order valence-electron chi connectivity index (χ1n) is 8.92. The number of nitrogens with zero attached hydrogens (tertiary/aromatic N) is 4. The molecule has 2 aromatic rings. The number of aromatic nitrogens is 3. The van der Waals surface area contributed by atoms with Crippen molar-refractivity contribution in [2.24, 2.45) is 0 Å². The van der Waals surface area contributed by atoms with Crippen molar-refractivity contribution in [3.8, 4) is 0 Å². The normalized spacial score (nSPS) is 22.7. The molecule has 25 heavy (non-hydrogen) atoms. The highest BCUT2D eigenvalue weighted by Gasteiger charge is 2.33. The molecule has 2 unspecified atom stereocenters. The van der Waals surface area contributed by atoms with E-state index in [1.807, 2.05) is 13.8 Å². The van der Waals surface area contributed by atoms with Crippen LogP contribution in [0.4, 0.5) is 5.88 Å². The van der Waals surface area contributed by atoms with Crippen LogP contribution in [0, 0.1) is 6.92 Å². The number of hydrogen-bond donors (Lipinski definition) is 1. The fraction of sp³-hybridized carbons (Fsp3) is 0.647. The zero-order valence-electron chi connectivity index (χ0n) is 14.6. The third-order valence-corrected chi connectivity index (χ3v) is 5.00. The topological polar surface area (TPSA) is 97.3 Å². The second-order valence-corrected chi connectivity index (χ2v) is 7.10. The summed E-state index contributed by atoms with van der Waals surface area (Å²) in [6.07, 6.45) is 4.33. The van der Waals surface area contributed by atoms with E-state index in [1.165, 1.54) is 0 Å². The second-order valence-electron chi connectivity index (χ2n) is 7.10. The number of piperidine rings is 1. The standard InChI is InChI=1S/C17H23N5O3/c1-10-8-14(24-20-10)18-16(23)11(2)22-7-3-4-13(9-22)15-19-17(25-21-15)12-5-6-12/h8,11-13H,3-7,9H2,1-2H3,(H,18,23). The Bertz CT molecular complexity index is 751. The van der Waals surface area contributed by atoms with E-state index >= 15 is 0 Å². The van der Waals surface area contributed by atoms with Gasteiger partial charge < -0.3 is 9.05 Å². The molecule has 2 aromatic heterocycles. The maximum Gasteiger partial charge on any atom is 0.243 e. The van der Waals surface area contributed by atoms with Crippen molar-refractivity contribution < 1.29 is 13.8 Å². The highest BCUT2D eigenvalue weighted by molar-refractivity contribution is 5.93. The minimum Gasteiger partial charge on any atom is -0.339 e. The minimum absolute atomic E-state index is 0.0939. The molecule has 0 bridgehead atoms. The van der Waals surface area contributed by atoms with Crippen molar-refractivity contribution in [2.75, 3.05) is 18.4 Å². The maximum atomic E-state index is 12.5. The van der Waals surface area contributed by atoms with Crippen LogP contribution in [0.1, 0.15) is 61.9 Å².